The topological polar surface area (TPSA) is 76.1 Å². The Kier molecular flexibility index (Phi) is 8.49. The zero-order chi connectivity index (χ0) is 19.6. The first-order valence-electron chi connectivity index (χ1n) is 10.8. The van der Waals surface area contributed by atoms with Gasteiger partial charge in [-0.15, -0.1) is 0 Å². The zero-order valence-electron chi connectivity index (χ0n) is 16.9. The van der Waals surface area contributed by atoms with Crippen molar-refractivity contribution >= 4 is 0 Å². The van der Waals surface area contributed by atoms with Gasteiger partial charge >= 0.3 is 0 Å². The lowest BCUT2D eigenvalue weighted by Crippen LogP contribution is -2.54. The number of rotatable bonds is 10. The number of nitrogens with two attached hydrogens (primary N) is 2. The van der Waals surface area contributed by atoms with Crippen molar-refractivity contribution in [3.63, 3.8) is 0 Å². The van der Waals surface area contributed by atoms with Crippen molar-refractivity contribution in [3.05, 3.63) is 71.8 Å². The van der Waals surface area contributed by atoms with E-state index in [1.165, 1.54) is 36.8 Å². The first kappa shape index (κ1) is 21.0. The quantitative estimate of drug-likeness (QED) is 0.511. The van der Waals surface area contributed by atoms with E-state index in [1.54, 1.807) is 0 Å². The number of hydrogen-bond acceptors (Lipinski definition) is 4. The smallest absolute Gasteiger partial charge is 0.0221 e. The molecule has 4 nitrogen and oxygen atoms in total. The summed E-state index contributed by atoms with van der Waals surface area (Å²) in [6.45, 7) is 1.71. The van der Waals surface area contributed by atoms with E-state index in [0.29, 0.717) is 12.1 Å². The first-order valence-corrected chi connectivity index (χ1v) is 10.8. The van der Waals surface area contributed by atoms with Crippen LogP contribution >= 0.6 is 0 Å². The molecule has 0 radical (unpaired) electrons. The van der Waals surface area contributed by atoms with Gasteiger partial charge in [-0.2, -0.15) is 0 Å². The van der Waals surface area contributed by atoms with Crippen LogP contribution in [0.2, 0.25) is 0 Å². The molecule has 2 aromatic rings. The van der Waals surface area contributed by atoms with Gasteiger partial charge in [0.05, 0.1) is 0 Å². The van der Waals surface area contributed by atoms with Gasteiger partial charge in [0.15, 0.2) is 0 Å². The molecule has 28 heavy (non-hydrogen) atoms. The SMILES string of the molecule is N[C@H](CN[C@H]1CCCC[C@@H]1NC[C@@H](N)Cc1ccccc1)Cc1ccccc1. The minimum absolute atomic E-state index is 0.144. The van der Waals surface area contributed by atoms with E-state index >= 15 is 0 Å². The van der Waals surface area contributed by atoms with Crippen molar-refractivity contribution in [2.24, 2.45) is 11.5 Å². The van der Waals surface area contributed by atoms with Gasteiger partial charge in [-0.05, 0) is 36.8 Å². The summed E-state index contributed by atoms with van der Waals surface area (Å²) in [5.41, 5.74) is 15.4. The number of hydrogen-bond donors (Lipinski definition) is 4. The highest BCUT2D eigenvalue weighted by Crippen LogP contribution is 2.19. The molecular formula is C24H36N4. The Morgan fingerprint density at radius 1 is 0.679 bits per heavy atom. The van der Waals surface area contributed by atoms with E-state index in [0.717, 1.165) is 25.9 Å². The summed E-state index contributed by atoms with van der Waals surface area (Å²) < 4.78 is 0. The van der Waals surface area contributed by atoms with Crippen LogP contribution in [0.15, 0.2) is 60.7 Å². The second-order valence-corrected chi connectivity index (χ2v) is 8.21. The van der Waals surface area contributed by atoms with Crippen molar-refractivity contribution in [3.8, 4) is 0 Å². The largest absolute Gasteiger partial charge is 0.326 e. The monoisotopic (exact) mass is 380 g/mol. The molecule has 2 aromatic carbocycles. The summed E-state index contributed by atoms with van der Waals surface area (Å²) in [6, 6.07) is 22.3. The molecule has 1 aliphatic carbocycles. The summed E-state index contributed by atoms with van der Waals surface area (Å²) in [6.07, 6.45) is 6.84. The maximum absolute atomic E-state index is 6.37. The third-order valence-corrected chi connectivity index (χ3v) is 5.73. The Morgan fingerprint density at radius 3 is 1.46 bits per heavy atom. The standard InChI is InChI=1S/C24H36N4/c25-21(15-19-9-3-1-4-10-19)17-27-23-13-7-8-14-24(23)28-18-22(26)16-20-11-5-2-6-12-20/h1-6,9-12,21-24,27-28H,7-8,13-18,25-26H2/t21-,22-,23-,24-/m0/s1. The van der Waals surface area contributed by atoms with Crippen LogP contribution in [0.4, 0.5) is 0 Å². The molecular weight excluding hydrogens is 344 g/mol. The highest BCUT2D eigenvalue weighted by molar-refractivity contribution is 5.16. The Morgan fingerprint density at radius 2 is 1.07 bits per heavy atom. The minimum atomic E-state index is 0.144. The molecule has 1 fully saturated rings. The summed E-state index contributed by atoms with van der Waals surface area (Å²) in [7, 11) is 0. The number of nitrogens with one attached hydrogen (secondary N) is 2. The average Bonchev–Trinajstić information content (AvgIpc) is 2.73. The van der Waals surface area contributed by atoms with Gasteiger partial charge < -0.3 is 22.1 Å². The van der Waals surface area contributed by atoms with Gasteiger partial charge in [-0.3, -0.25) is 0 Å². The number of benzene rings is 2. The molecule has 0 saturated heterocycles. The van der Waals surface area contributed by atoms with E-state index < -0.39 is 0 Å². The van der Waals surface area contributed by atoms with Gasteiger partial charge in [-0.25, -0.2) is 0 Å². The lowest BCUT2D eigenvalue weighted by atomic mass is 9.89. The molecule has 0 amide bonds. The molecule has 3 rings (SSSR count). The fraction of sp³-hybridized carbons (Fsp3) is 0.500. The van der Waals surface area contributed by atoms with Crippen molar-refractivity contribution in [2.75, 3.05) is 13.1 Å². The molecule has 0 bridgehead atoms. The summed E-state index contributed by atoms with van der Waals surface area (Å²) in [5, 5.41) is 7.47. The lowest BCUT2D eigenvalue weighted by Gasteiger charge is -2.34. The maximum atomic E-state index is 6.37. The fourth-order valence-corrected chi connectivity index (χ4v) is 4.20. The molecule has 4 heteroatoms. The normalized spacial score (nSPS) is 21.9. The Bertz CT molecular complexity index is 601. The van der Waals surface area contributed by atoms with Crippen LogP contribution in [0.25, 0.3) is 0 Å². The van der Waals surface area contributed by atoms with Crippen LogP contribution in [0.3, 0.4) is 0 Å². The third-order valence-electron chi connectivity index (χ3n) is 5.73. The molecule has 152 valence electrons. The predicted octanol–water partition coefficient (Wildman–Crippen LogP) is 2.62. The van der Waals surface area contributed by atoms with Gasteiger partial charge in [0.1, 0.15) is 0 Å². The summed E-state index contributed by atoms with van der Waals surface area (Å²) >= 11 is 0. The van der Waals surface area contributed by atoms with E-state index in [-0.39, 0.29) is 12.1 Å². The van der Waals surface area contributed by atoms with E-state index in [4.69, 9.17) is 11.5 Å². The molecule has 0 spiro atoms. The lowest BCUT2D eigenvalue weighted by molar-refractivity contribution is 0.276. The minimum Gasteiger partial charge on any atom is -0.326 e. The highest BCUT2D eigenvalue weighted by Gasteiger charge is 2.25. The maximum Gasteiger partial charge on any atom is 0.0221 e. The third kappa shape index (κ3) is 7.02. The fourth-order valence-electron chi connectivity index (χ4n) is 4.20. The Hall–Kier alpha value is -1.72. The van der Waals surface area contributed by atoms with Crippen LogP contribution in [-0.4, -0.2) is 37.3 Å². The van der Waals surface area contributed by atoms with Crippen LogP contribution < -0.4 is 22.1 Å². The molecule has 1 saturated carbocycles. The Balaban J connectivity index is 1.41. The second-order valence-electron chi connectivity index (χ2n) is 8.21. The molecule has 0 unspecified atom stereocenters. The van der Waals surface area contributed by atoms with Crippen molar-refractivity contribution < 1.29 is 0 Å². The van der Waals surface area contributed by atoms with Gasteiger partial charge in [0.2, 0.25) is 0 Å². The van der Waals surface area contributed by atoms with Crippen LogP contribution in [-0.2, 0) is 12.8 Å². The van der Waals surface area contributed by atoms with Crippen molar-refractivity contribution in [2.45, 2.75) is 62.7 Å². The highest BCUT2D eigenvalue weighted by atomic mass is 15.0. The molecule has 1 aliphatic rings. The van der Waals surface area contributed by atoms with Gasteiger partial charge in [0, 0.05) is 37.3 Å². The molecule has 0 aliphatic heterocycles. The summed E-state index contributed by atoms with van der Waals surface area (Å²) in [5.74, 6) is 0. The predicted molar refractivity (Wildman–Crippen MR) is 118 cm³/mol. The zero-order valence-corrected chi connectivity index (χ0v) is 16.9. The average molecular weight is 381 g/mol. The van der Waals surface area contributed by atoms with Crippen molar-refractivity contribution in [1.82, 2.24) is 10.6 Å². The summed E-state index contributed by atoms with van der Waals surface area (Å²) in [4.78, 5) is 0. The molecule has 4 atom stereocenters. The molecule has 0 heterocycles. The van der Waals surface area contributed by atoms with E-state index in [1.807, 2.05) is 12.1 Å². The molecule has 0 aromatic heterocycles. The Labute approximate surface area is 170 Å². The van der Waals surface area contributed by atoms with Crippen LogP contribution in [0.5, 0.6) is 0 Å². The first-order chi connectivity index (χ1) is 13.7. The second kappa shape index (κ2) is 11.3. The molecule has 6 N–H and O–H groups in total. The van der Waals surface area contributed by atoms with Crippen LogP contribution in [0, 0.1) is 0 Å². The van der Waals surface area contributed by atoms with Gasteiger partial charge in [0.25, 0.3) is 0 Å². The van der Waals surface area contributed by atoms with E-state index in [2.05, 4.69) is 59.2 Å². The van der Waals surface area contributed by atoms with Crippen LogP contribution in [0.1, 0.15) is 36.8 Å². The van der Waals surface area contributed by atoms with Crippen molar-refractivity contribution in [1.29, 1.82) is 0 Å². The van der Waals surface area contributed by atoms with Gasteiger partial charge in [-0.1, -0.05) is 73.5 Å². The van der Waals surface area contributed by atoms with E-state index in [9.17, 15) is 0 Å².